The molecule has 1 heterocycles. The van der Waals surface area contributed by atoms with Gasteiger partial charge >= 0.3 is 0 Å². The summed E-state index contributed by atoms with van der Waals surface area (Å²) in [5.41, 5.74) is -0.598. The highest BCUT2D eigenvalue weighted by atomic mass is 16.3. The topological polar surface area (TPSA) is 52.6 Å². The Morgan fingerprint density at radius 2 is 2.21 bits per heavy atom. The van der Waals surface area contributed by atoms with Crippen LogP contribution >= 0.6 is 0 Å². The summed E-state index contributed by atoms with van der Waals surface area (Å²) in [5, 5.41) is 12.4. The predicted molar refractivity (Wildman–Crippen MR) is 55.0 cm³/mol. The highest BCUT2D eigenvalue weighted by Crippen LogP contribution is 2.21. The van der Waals surface area contributed by atoms with Crippen LogP contribution in [0.3, 0.4) is 0 Å². The highest BCUT2D eigenvalue weighted by Gasteiger charge is 2.40. The van der Waals surface area contributed by atoms with E-state index in [1.54, 1.807) is 6.92 Å². The van der Waals surface area contributed by atoms with Gasteiger partial charge in [0.05, 0.1) is 11.6 Å². The van der Waals surface area contributed by atoms with Crippen LogP contribution in [0.1, 0.15) is 27.2 Å². The number of hydrogen-bond acceptors (Lipinski definition) is 3. The van der Waals surface area contributed by atoms with E-state index < -0.39 is 5.60 Å². The van der Waals surface area contributed by atoms with Crippen molar-refractivity contribution in [1.82, 2.24) is 10.2 Å². The molecule has 82 valence electrons. The van der Waals surface area contributed by atoms with Gasteiger partial charge in [0.2, 0.25) is 5.91 Å². The summed E-state index contributed by atoms with van der Waals surface area (Å²) in [4.78, 5) is 13.5. The molecule has 1 aliphatic heterocycles. The van der Waals surface area contributed by atoms with Crippen LogP contribution < -0.4 is 5.32 Å². The maximum absolute atomic E-state index is 11.5. The summed E-state index contributed by atoms with van der Waals surface area (Å²) in [6, 6.07) is -0.123. The third kappa shape index (κ3) is 2.69. The standard InChI is InChI=1S/C10H20N2O2/c1-4-5-11-9(13)8(2)12-6-10(3,14)7-12/h8,14H,4-7H2,1-3H3,(H,11,13). The molecule has 0 saturated carbocycles. The normalized spacial score (nSPS) is 22.6. The molecule has 14 heavy (non-hydrogen) atoms. The van der Waals surface area contributed by atoms with E-state index in [9.17, 15) is 9.90 Å². The first-order valence-corrected chi connectivity index (χ1v) is 5.20. The van der Waals surface area contributed by atoms with Gasteiger partial charge in [0.1, 0.15) is 0 Å². The minimum absolute atomic E-state index is 0.0577. The van der Waals surface area contributed by atoms with Crippen LogP contribution in [0.4, 0.5) is 0 Å². The van der Waals surface area contributed by atoms with E-state index in [2.05, 4.69) is 5.32 Å². The number of rotatable bonds is 4. The fourth-order valence-electron chi connectivity index (χ4n) is 1.66. The second-order valence-corrected chi connectivity index (χ2v) is 4.37. The van der Waals surface area contributed by atoms with Crippen LogP contribution in [0.25, 0.3) is 0 Å². The second-order valence-electron chi connectivity index (χ2n) is 4.37. The van der Waals surface area contributed by atoms with Crippen LogP contribution in [0.2, 0.25) is 0 Å². The van der Waals surface area contributed by atoms with Gasteiger partial charge in [-0.3, -0.25) is 9.69 Å². The smallest absolute Gasteiger partial charge is 0.237 e. The largest absolute Gasteiger partial charge is 0.388 e. The zero-order valence-corrected chi connectivity index (χ0v) is 9.21. The molecule has 4 heteroatoms. The summed E-state index contributed by atoms with van der Waals surface area (Å²) >= 11 is 0. The Bertz CT molecular complexity index is 208. The molecule has 0 aromatic heterocycles. The summed E-state index contributed by atoms with van der Waals surface area (Å²) in [5.74, 6) is 0.0577. The van der Waals surface area contributed by atoms with E-state index in [-0.39, 0.29) is 11.9 Å². The Morgan fingerprint density at radius 1 is 1.64 bits per heavy atom. The molecule has 1 saturated heterocycles. The Hall–Kier alpha value is -0.610. The molecule has 0 bridgehead atoms. The molecule has 0 aromatic rings. The van der Waals surface area contributed by atoms with Crippen LogP contribution in [0.5, 0.6) is 0 Å². The monoisotopic (exact) mass is 200 g/mol. The predicted octanol–water partition coefficient (Wildman–Crippen LogP) is -0.0323. The van der Waals surface area contributed by atoms with Gasteiger partial charge in [0, 0.05) is 19.6 Å². The third-order valence-electron chi connectivity index (χ3n) is 2.56. The van der Waals surface area contributed by atoms with Crippen molar-refractivity contribution in [2.75, 3.05) is 19.6 Å². The van der Waals surface area contributed by atoms with Crippen molar-refractivity contribution in [3.05, 3.63) is 0 Å². The molecule has 1 atom stereocenters. The van der Waals surface area contributed by atoms with E-state index in [0.29, 0.717) is 13.1 Å². The summed E-state index contributed by atoms with van der Waals surface area (Å²) in [6.07, 6.45) is 0.955. The van der Waals surface area contributed by atoms with E-state index in [0.717, 1.165) is 13.0 Å². The SMILES string of the molecule is CCCNC(=O)C(C)N1CC(C)(O)C1. The lowest BCUT2D eigenvalue weighted by Crippen LogP contribution is -2.64. The van der Waals surface area contributed by atoms with E-state index in [1.165, 1.54) is 0 Å². The first-order valence-electron chi connectivity index (χ1n) is 5.20. The Kier molecular flexibility index (Phi) is 3.50. The molecule has 0 aromatic carbocycles. The quantitative estimate of drug-likeness (QED) is 0.670. The molecule has 1 aliphatic rings. The maximum atomic E-state index is 11.5. The van der Waals surface area contributed by atoms with Crippen molar-refractivity contribution >= 4 is 5.91 Å². The van der Waals surface area contributed by atoms with Crippen molar-refractivity contribution in [3.8, 4) is 0 Å². The number of likely N-dealkylation sites (tertiary alicyclic amines) is 1. The van der Waals surface area contributed by atoms with Gasteiger partial charge in [0.25, 0.3) is 0 Å². The lowest BCUT2D eigenvalue weighted by Gasteiger charge is -2.46. The number of nitrogens with one attached hydrogen (secondary N) is 1. The van der Waals surface area contributed by atoms with Crippen molar-refractivity contribution in [1.29, 1.82) is 0 Å². The Labute approximate surface area is 85.3 Å². The van der Waals surface area contributed by atoms with E-state index in [1.807, 2.05) is 18.7 Å². The second kappa shape index (κ2) is 4.28. The fourth-order valence-corrected chi connectivity index (χ4v) is 1.66. The van der Waals surface area contributed by atoms with Gasteiger partial charge in [-0.1, -0.05) is 6.92 Å². The number of hydrogen-bond donors (Lipinski definition) is 2. The minimum Gasteiger partial charge on any atom is -0.388 e. The molecule has 0 radical (unpaired) electrons. The average molecular weight is 200 g/mol. The van der Waals surface area contributed by atoms with Gasteiger partial charge in [-0.2, -0.15) is 0 Å². The lowest BCUT2D eigenvalue weighted by atomic mass is 9.95. The molecule has 1 amide bonds. The van der Waals surface area contributed by atoms with Gasteiger partial charge < -0.3 is 10.4 Å². The van der Waals surface area contributed by atoms with Crippen LogP contribution in [0, 0.1) is 0 Å². The molecule has 4 nitrogen and oxygen atoms in total. The van der Waals surface area contributed by atoms with Crippen LogP contribution in [-0.2, 0) is 4.79 Å². The van der Waals surface area contributed by atoms with Crippen molar-refractivity contribution in [3.63, 3.8) is 0 Å². The van der Waals surface area contributed by atoms with Gasteiger partial charge in [-0.15, -0.1) is 0 Å². The number of carbonyl (C=O) groups excluding carboxylic acids is 1. The zero-order chi connectivity index (χ0) is 10.8. The van der Waals surface area contributed by atoms with Gasteiger partial charge in [0.15, 0.2) is 0 Å². The molecular formula is C10H20N2O2. The maximum Gasteiger partial charge on any atom is 0.237 e. The zero-order valence-electron chi connectivity index (χ0n) is 9.21. The van der Waals surface area contributed by atoms with E-state index in [4.69, 9.17) is 0 Å². The molecular weight excluding hydrogens is 180 g/mol. The number of nitrogens with zero attached hydrogens (tertiary/aromatic N) is 1. The number of aliphatic hydroxyl groups is 1. The first-order chi connectivity index (χ1) is 6.46. The lowest BCUT2D eigenvalue weighted by molar-refractivity contribution is -0.138. The first kappa shape index (κ1) is 11.5. The third-order valence-corrected chi connectivity index (χ3v) is 2.56. The molecule has 0 spiro atoms. The molecule has 1 rings (SSSR count). The van der Waals surface area contributed by atoms with Gasteiger partial charge in [-0.05, 0) is 20.3 Å². The molecule has 1 fully saturated rings. The Balaban J connectivity index is 2.28. The van der Waals surface area contributed by atoms with Crippen LogP contribution in [-0.4, -0.2) is 47.2 Å². The van der Waals surface area contributed by atoms with Crippen molar-refractivity contribution < 1.29 is 9.90 Å². The summed E-state index contributed by atoms with van der Waals surface area (Å²) in [7, 11) is 0. The molecule has 1 unspecified atom stereocenters. The summed E-state index contributed by atoms with van der Waals surface area (Å²) < 4.78 is 0. The highest BCUT2D eigenvalue weighted by molar-refractivity contribution is 5.81. The average Bonchev–Trinajstić information content (AvgIpc) is 2.08. The molecule has 2 N–H and O–H groups in total. The fraction of sp³-hybridized carbons (Fsp3) is 0.900. The Morgan fingerprint density at radius 3 is 2.64 bits per heavy atom. The minimum atomic E-state index is -0.598. The van der Waals surface area contributed by atoms with Gasteiger partial charge in [-0.25, -0.2) is 0 Å². The number of carbonyl (C=O) groups is 1. The number of amides is 1. The molecule has 0 aliphatic carbocycles. The number of β-amino-alcohol motifs (C(OH)–C–C–N with tert-alkyl or cyclic N) is 1. The van der Waals surface area contributed by atoms with Crippen molar-refractivity contribution in [2.24, 2.45) is 0 Å². The van der Waals surface area contributed by atoms with Crippen LogP contribution in [0.15, 0.2) is 0 Å². The van der Waals surface area contributed by atoms with Crippen molar-refractivity contribution in [2.45, 2.75) is 38.8 Å². The van der Waals surface area contributed by atoms with E-state index >= 15 is 0 Å². The summed E-state index contributed by atoms with van der Waals surface area (Å²) in [6.45, 7) is 7.61.